The molecule has 0 radical (unpaired) electrons. The maximum absolute atomic E-state index is 15.0. The zero-order valence-electron chi connectivity index (χ0n) is 14.6. The fourth-order valence-corrected chi connectivity index (χ4v) is 6.24. The summed E-state index contributed by atoms with van der Waals surface area (Å²) in [6, 6.07) is 4.59. The van der Waals surface area contributed by atoms with Gasteiger partial charge in [0, 0.05) is 24.7 Å². The number of hydrogen-bond acceptors (Lipinski definition) is 2. The number of halogens is 1. The van der Waals surface area contributed by atoms with Crippen LogP contribution in [0.3, 0.4) is 0 Å². The summed E-state index contributed by atoms with van der Waals surface area (Å²) in [5.41, 5.74) is 4.94. The number of fused-ring (bicyclic) bond motifs is 3. The zero-order chi connectivity index (χ0) is 16.4. The van der Waals surface area contributed by atoms with Crippen molar-refractivity contribution in [1.82, 2.24) is 4.90 Å². The Balaban J connectivity index is 1.62. The lowest BCUT2D eigenvalue weighted by atomic mass is 9.64. The lowest BCUT2D eigenvalue weighted by Crippen LogP contribution is -2.57. The second-order valence-corrected chi connectivity index (χ2v) is 8.14. The second-order valence-electron chi connectivity index (χ2n) is 8.14. The number of benzene rings is 1. The molecule has 0 N–H and O–H groups in total. The van der Waals surface area contributed by atoms with Crippen molar-refractivity contribution in [2.24, 2.45) is 17.8 Å². The standard InChI is InChI=1S/C21H26FNO/c1-3-13-8-12-9-17-16-10-14-4-5-18(24-2)20(22)19(14)15(16)6-7-23(11-12)21(13)17/h4-5,12-13,17,21H,3,6-11H2,1-2H3/t12-,13+,17+,21+/m1/s1. The highest BCUT2D eigenvalue weighted by Gasteiger charge is 2.49. The lowest BCUT2D eigenvalue weighted by molar-refractivity contribution is -0.0273. The molecule has 3 fully saturated rings. The van der Waals surface area contributed by atoms with Gasteiger partial charge in [-0.25, -0.2) is 4.39 Å². The molecule has 1 unspecified atom stereocenters. The van der Waals surface area contributed by atoms with E-state index in [0.717, 1.165) is 36.8 Å². The van der Waals surface area contributed by atoms with Crippen LogP contribution in [-0.4, -0.2) is 31.1 Å². The Hall–Kier alpha value is -1.35. The van der Waals surface area contributed by atoms with Gasteiger partial charge in [-0.3, -0.25) is 4.90 Å². The van der Waals surface area contributed by atoms with E-state index in [4.69, 9.17) is 4.74 Å². The summed E-state index contributed by atoms with van der Waals surface area (Å²) in [5, 5.41) is 0. The van der Waals surface area contributed by atoms with Gasteiger partial charge in [0.25, 0.3) is 0 Å². The van der Waals surface area contributed by atoms with Crippen molar-refractivity contribution in [3.63, 3.8) is 0 Å². The summed E-state index contributed by atoms with van der Waals surface area (Å²) in [6.45, 7) is 4.72. The van der Waals surface area contributed by atoms with Gasteiger partial charge in [0.1, 0.15) is 0 Å². The average Bonchev–Trinajstić information content (AvgIpc) is 2.94. The van der Waals surface area contributed by atoms with Crippen molar-refractivity contribution in [2.75, 3.05) is 20.2 Å². The molecule has 0 aromatic heterocycles. The van der Waals surface area contributed by atoms with Crippen molar-refractivity contribution < 1.29 is 9.13 Å². The Kier molecular flexibility index (Phi) is 3.31. The number of hydrogen-bond donors (Lipinski definition) is 0. The molecule has 24 heavy (non-hydrogen) atoms. The van der Waals surface area contributed by atoms with Crippen LogP contribution in [0.15, 0.2) is 17.7 Å². The van der Waals surface area contributed by atoms with Gasteiger partial charge in [-0.05, 0) is 60.6 Å². The third-order valence-corrected chi connectivity index (χ3v) is 7.14. The molecule has 3 heterocycles. The minimum atomic E-state index is -0.136. The highest BCUT2D eigenvalue weighted by molar-refractivity contribution is 5.79. The molecule has 1 aromatic rings. The molecule has 0 spiro atoms. The predicted molar refractivity (Wildman–Crippen MR) is 93.5 cm³/mol. The Bertz CT molecular complexity index is 725. The molecule has 3 heteroatoms. The lowest BCUT2D eigenvalue weighted by Gasteiger charge is -2.54. The topological polar surface area (TPSA) is 12.5 Å². The van der Waals surface area contributed by atoms with Crippen molar-refractivity contribution in [2.45, 2.75) is 45.1 Å². The van der Waals surface area contributed by atoms with E-state index in [1.807, 2.05) is 0 Å². The van der Waals surface area contributed by atoms with Gasteiger partial charge < -0.3 is 4.74 Å². The smallest absolute Gasteiger partial charge is 0.172 e. The van der Waals surface area contributed by atoms with E-state index in [1.54, 1.807) is 18.7 Å². The highest BCUT2D eigenvalue weighted by atomic mass is 19.1. The Labute approximate surface area is 143 Å². The van der Waals surface area contributed by atoms with Crippen LogP contribution in [0.4, 0.5) is 4.39 Å². The molecule has 4 bridgehead atoms. The van der Waals surface area contributed by atoms with Gasteiger partial charge in [0.05, 0.1) is 7.11 Å². The summed E-state index contributed by atoms with van der Waals surface area (Å²) in [5.74, 6) is 2.58. The molecular formula is C21H26FNO. The van der Waals surface area contributed by atoms with E-state index in [1.165, 1.54) is 36.9 Å². The van der Waals surface area contributed by atoms with Crippen LogP contribution in [0.25, 0.3) is 5.57 Å². The molecule has 128 valence electrons. The summed E-state index contributed by atoms with van der Waals surface area (Å²) in [6.07, 6.45) is 5.98. The predicted octanol–water partition coefficient (Wildman–Crippen LogP) is 4.28. The Morgan fingerprint density at radius 2 is 2.17 bits per heavy atom. The third kappa shape index (κ3) is 1.91. The Morgan fingerprint density at radius 3 is 2.96 bits per heavy atom. The molecule has 2 saturated heterocycles. The van der Waals surface area contributed by atoms with Gasteiger partial charge >= 0.3 is 0 Å². The van der Waals surface area contributed by atoms with Crippen LogP contribution in [0.5, 0.6) is 5.75 Å². The minimum absolute atomic E-state index is 0.136. The van der Waals surface area contributed by atoms with E-state index >= 15 is 0 Å². The SMILES string of the molecule is CC[C@H]1C[C@@H]2C[C@H]3C4=C(CCN(C2)[C@@H]13)c1c(ccc(OC)c1F)C4. The van der Waals surface area contributed by atoms with Crippen LogP contribution in [0.2, 0.25) is 0 Å². The van der Waals surface area contributed by atoms with Gasteiger partial charge in [-0.1, -0.05) is 25.0 Å². The molecular weight excluding hydrogens is 301 g/mol. The number of piperidine rings is 2. The maximum atomic E-state index is 15.0. The summed E-state index contributed by atoms with van der Waals surface area (Å²) in [7, 11) is 1.56. The van der Waals surface area contributed by atoms with Crippen LogP contribution >= 0.6 is 0 Å². The van der Waals surface area contributed by atoms with Crippen molar-refractivity contribution >= 4 is 5.57 Å². The van der Waals surface area contributed by atoms with E-state index in [2.05, 4.69) is 17.9 Å². The molecule has 6 rings (SSSR count). The van der Waals surface area contributed by atoms with Crippen LogP contribution < -0.4 is 4.74 Å². The molecule has 5 atom stereocenters. The maximum Gasteiger partial charge on any atom is 0.172 e. The fraction of sp³-hybridized carbons (Fsp3) is 0.619. The molecule has 2 nitrogen and oxygen atoms in total. The first-order chi connectivity index (χ1) is 11.7. The molecule has 0 amide bonds. The fourth-order valence-electron chi connectivity index (χ4n) is 6.24. The molecule has 5 aliphatic rings. The molecule has 2 aliphatic carbocycles. The molecule has 1 aromatic carbocycles. The van der Waals surface area contributed by atoms with Gasteiger partial charge in [0.15, 0.2) is 11.6 Å². The highest BCUT2D eigenvalue weighted by Crippen LogP contribution is 2.53. The van der Waals surface area contributed by atoms with E-state index in [9.17, 15) is 4.39 Å². The number of rotatable bonds is 2. The van der Waals surface area contributed by atoms with E-state index in [-0.39, 0.29) is 5.82 Å². The largest absolute Gasteiger partial charge is 0.494 e. The summed E-state index contributed by atoms with van der Waals surface area (Å²) >= 11 is 0. The van der Waals surface area contributed by atoms with Gasteiger partial charge in [0.2, 0.25) is 0 Å². The quantitative estimate of drug-likeness (QED) is 0.804. The van der Waals surface area contributed by atoms with Crippen LogP contribution in [-0.2, 0) is 6.42 Å². The Morgan fingerprint density at radius 1 is 1.29 bits per heavy atom. The van der Waals surface area contributed by atoms with Gasteiger partial charge in [-0.15, -0.1) is 0 Å². The normalized spacial score (nSPS) is 36.4. The summed E-state index contributed by atoms with van der Waals surface area (Å²) in [4.78, 5) is 2.74. The van der Waals surface area contributed by atoms with Crippen LogP contribution in [0, 0.1) is 23.6 Å². The third-order valence-electron chi connectivity index (χ3n) is 7.14. The minimum Gasteiger partial charge on any atom is -0.494 e. The van der Waals surface area contributed by atoms with Crippen molar-refractivity contribution in [1.29, 1.82) is 0 Å². The van der Waals surface area contributed by atoms with Crippen LogP contribution in [0.1, 0.15) is 43.7 Å². The zero-order valence-corrected chi connectivity index (χ0v) is 14.6. The summed E-state index contributed by atoms with van der Waals surface area (Å²) < 4.78 is 20.2. The van der Waals surface area contributed by atoms with E-state index < -0.39 is 0 Å². The van der Waals surface area contributed by atoms with Crippen molar-refractivity contribution in [3.8, 4) is 5.75 Å². The average molecular weight is 327 g/mol. The molecule has 3 aliphatic heterocycles. The first-order valence-electron chi connectivity index (χ1n) is 9.53. The first-order valence-corrected chi connectivity index (χ1v) is 9.53. The second kappa shape index (κ2) is 5.32. The number of ether oxygens (including phenoxy) is 1. The van der Waals surface area contributed by atoms with E-state index in [0.29, 0.717) is 17.7 Å². The van der Waals surface area contributed by atoms with Crippen molar-refractivity contribution in [3.05, 3.63) is 34.6 Å². The number of nitrogens with zero attached hydrogens (tertiary/aromatic N) is 1. The molecule has 1 saturated carbocycles. The van der Waals surface area contributed by atoms with Gasteiger partial charge in [-0.2, -0.15) is 0 Å². The first kappa shape index (κ1) is 14.9. The number of methoxy groups -OCH3 is 1. The monoisotopic (exact) mass is 327 g/mol.